The standard InChI is InChI=1S/C11H20N4S/c1-9-5-4-6-10(2)14(9)8-15-11(16)13(3)7-12-15/h7,9-10H,4-6,8H2,1-3H3. The summed E-state index contributed by atoms with van der Waals surface area (Å²) in [5.74, 6) is 0. The molecule has 0 aromatic carbocycles. The molecule has 2 heterocycles. The van der Waals surface area contributed by atoms with E-state index in [4.69, 9.17) is 12.2 Å². The lowest BCUT2D eigenvalue weighted by atomic mass is 9.98. The predicted octanol–water partition coefficient (Wildman–Crippen LogP) is 2.17. The fourth-order valence-electron chi connectivity index (χ4n) is 2.43. The highest BCUT2D eigenvalue weighted by atomic mass is 32.1. The highest BCUT2D eigenvalue weighted by Crippen LogP contribution is 2.22. The van der Waals surface area contributed by atoms with Crippen molar-refractivity contribution < 1.29 is 0 Å². The summed E-state index contributed by atoms with van der Waals surface area (Å²) < 4.78 is 4.59. The number of aryl methyl sites for hydroxylation is 1. The molecule has 0 N–H and O–H groups in total. The SMILES string of the molecule is CC1CCCC(C)N1Cn1ncn(C)c1=S. The van der Waals surface area contributed by atoms with Crippen molar-refractivity contribution in [2.45, 2.75) is 51.9 Å². The maximum absolute atomic E-state index is 5.31. The summed E-state index contributed by atoms with van der Waals surface area (Å²) in [6.07, 6.45) is 5.68. The van der Waals surface area contributed by atoms with Crippen LogP contribution in [-0.4, -0.2) is 31.3 Å². The Balaban J connectivity index is 2.14. The topological polar surface area (TPSA) is 26.0 Å². The Morgan fingerprint density at radius 1 is 1.38 bits per heavy atom. The molecule has 0 amide bonds. The van der Waals surface area contributed by atoms with Crippen molar-refractivity contribution in [2.75, 3.05) is 0 Å². The van der Waals surface area contributed by atoms with Crippen LogP contribution in [0.1, 0.15) is 33.1 Å². The van der Waals surface area contributed by atoms with E-state index in [-0.39, 0.29) is 0 Å². The van der Waals surface area contributed by atoms with Gasteiger partial charge in [0, 0.05) is 19.1 Å². The van der Waals surface area contributed by atoms with Crippen LogP contribution < -0.4 is 0 Å². The Bertz CT molecular complexity index is 398. The third-order valence-electron chi connectivity index (χ3n) is 3.56. The summed E-state index contributed by atoms with van der Waals surface area (Å²) in [6.45, 7) is 5.41. The largest absolute Gasteiger partial charge is 0.310 e. The molecule has 0 radical (unpaired) electrons. The smallest absolute Gasteiger partial charge is 0.198 e. The van der Waals surface area contributed by atoms with Crippen molar-refractivity contribution in [3.05, 3.63) is 11.1 Å². The summed E-state index contributed by atoms with van der Waals surface area (Å²) in [4.78, 5) is 2.49. The minimum atomic E-state index is 0.632. The molecule has 2 rings (SSSR count). The van der Waals surface area contributed by atoms with Gasteiger partial charge in [0.25, 0.3) is 0 Å². The molecular formula is C11H20N4S. The van der Waals surface area contributed by atoms with E-state index in [9.17, 15) is 0 Å². The quantitative estimate of drug-likeness (QED) is 0.741. The van der Waals surface area contributed by atoms with Crippen molar-refractivity contribution >= 4 is 12.2 Å². The monoisotopic (exact) mass is 240 g/mol. The highest BCUT2D eigenvalue weighted by Gasteiger charge is 2.25. The first-order valence-electron chi connectivity index (χ1n) is 5.93. The Morgan fingerprint density at radius 2 is 2.00 bits per heavy atom. The molecule has 1 aromatic heterocycles. The first kappa shape index (κ1) is 11.8. The number of likely N-dealkylation sites (tertiary alicyclic amines) is 1. The molecule has 2 atom stereocenters. The van der Waals surface area contributed by atoms with Crippen molar-refractivity contribution in [3.8, 4) is 0 Å². The number of piperidine rings is 1. The van der Waals surface area contributed by atoms with Gasteiger partial charge in [-0.25, -0.2) is 4.68 Å². The van der Waals surface area contributed by atoms with Crippen LogP contribution in [0.3, 0.4) is 0 Å². The van der Waals surface area contributed by atoms with Crippen molar-refractivity contribution in [1.82, 2.24) is 19.2 Å². The normalized spacial score (nSPS) is 27.2. The Morgan fingerprint density at radius 3 is 2.50 bits per heavy atom. The molecular weight excluding hydrogens is 220 g/mol. The molecule has 1 fully saturated rings. The number of nitrogens with zero attached hydrogens (tertiary/aromatic N) is 4. The average Bonchev–Trinajstić information content (AvgIpc) is 2.55. The molecule has 1 aromatic rings. The van der Waals surface area contributed by atoms with Crippen LogP contribution in [-0.2, 0) is 13.7 Å². The van der Waals surface area contributed by atoms with Crippen molar-refractivity contribution in [3.63, 3.8) is 0 Å². The van der Waals surface area contributed by atoms with E-state index >= 15 is 0 Å². The third-order valence-corrected chi connectivity index (χ3v) is 4.06. The van der Waals surface area contributed by atoms with E-state index in [1.165, 1.54) is 19.3 Å². The molecule has 0 bridgehead atoms. The maximum Gasteiger partial charge on any atom is 0.198 e. The Kier molecular flexibility index (Phi) is 3.44. The first-order chi connectivity index (χ1) is 7.59. The summed E-state index contributed by atoms with van der Waals surface area (Å²) in [5.41, 5.74) is 0. The van der Waals surface area contributed by atoms with Crippen LogP contribution in [0.2, 0.25) is 0 Å². The van der Waals surface area contributed by atoms with Gasteiger partial charge in [0.1, 0.15) is 6.33 Å². The number of rotatable bonds is 2. The Hall–Kier alpha value is -0.680. The zero-order valence-corrected chi connectivity index (χ0v) is 11.1. The average molecular weight is 240 g/mol. The summed E-state index contributed by atoms with van der Waals surface area (Å²) >= 11 is 5.31. The van der Waals surface area contributed by atoms with Gasteiger partial charge >= 0.3 is 0 Å². The van der Waals surface area contributed by atoms with Gasteiger partial charge in [-0.3, -0.25) is 4.90 Å². The number of hydrogen-bond donors (Lipinski definition) is 0. The summed E-state index contributed by atoms with van der Waals surface area (Å²) in [5, 5.41) is 4.31. The second-order valence-corrected chi connectivity index (χ2v) is 5.17. The lowest BCUT2D eigenvalue weighted by Gasteiger charge is -2.38. The molecule has 4 nitrogen and oxygen atoms in total. The van der Waals surface area contributed by atoms with E-state index < -0.39 is 0 Å². The van der Waals surface area contributed by atoms with Crippen LogP contribution >= 0.6 is 12.2 Å². The van der Waals surface area contributed by atoms with E-state index in [0.29, 0.717) is 12.1 Å². The third kappa shape index (κ3) is 2.20. The summed E-state index contributed by atoms with van der Waals surface area (Å²) in [6, 6.07) is 1.26. The van der Waals surface area contributed by atoms with E-state index in [0.717, 1.165) is 11.4 Å². The summed E-state index contributed by atoms with van der Waals surface area (Å²) in [7, 11) is 1.94. The van der Waals surface area contributed by atoms with E-state index in [1.807, 2.05) is 16.3 Å². The Labute approximate surface area is 102 Å². The molecule has 16 heavy (non-hydrogen) atoms. The van der Waals surface area contributed by atoms with Crippen LogP contribution in [0.25, 0.3) is 0 Å². The molecule has 0 saturated carbocycles. The van der Waals surface area contributed by atoms with Gasteiger partial charge in [0.15, 0.2) is 4.77 Å². The molecule has 1 aliphatic rings. The van der Waals surface area contributed by atoms with Gasteiger partial charge < -0.3 is 4.57 Å². The molecule has 0 aliphatic carbocycles. The molecule has 0 spiro atoms. The van der Waals surface area contributed by atoms with Gasteiger partial charge in [0.05, 0.1) is 6.67 Å². The first-order valence-corrected chi connectivity index (χ1v) is 6.34. The molecule has 2 unspecified atom stereocenters. The predicted molar refractivity (Wildman–Crippen MR) is 66.6 cm³/mol. The van der Waals surface area contributed by atoms with E-state index in [2.05, 4.69) is 23.8 Å². The van der Waals surface area contributed by atoms with E-state index in [1.54, 1.807) is 6.33 Å². The molecule has 90 valence electrons. The van der Waals surface area contributed by atoms with Crippen LogP contribution in [0, 0.1) is 4.77 Å². The zero-order valence-electron chi connectivity index (χ0n) is 10.3. The fraction of sp³-hybridized carbons (Fsp3) is 0.818. The lowest BCUT2D eigenvalue weighted by Crippen LogP contribution is -2.44. The molecule has 5 heteroatoms. The van der Waals surface area contributed by atoms with Gasteiger partial charge in [-0.05, 0) is 38.9 Å². The minimum Gasteiger partial charge on any atom is -0.310 e. The lowest BCUT2D eigenvalue weighted by molar-refractivity contribution is 0.0634. The van der Waals surface area contributed by atoms with Gasteiger partial charge in [-0.2, -0.15) is 5.10 Å². The number of hydrogen-bond acceptors (Lipinski definition) is 3. The van der Waals surface area contributed by atoms with Crippen LogP contribution in [0.15, 0.2) is 6.33 Å². The number of aromatic nitrogens is 3. The van der Waals surface area contributed by atoms with Crippen LogP contribution in [0.5, 0.6) is 0 Å². The van der Waals surface area contributed by atoms with Gasteiger partial charge in [-0.1, -0.05) is 6.42 Å². The van der Waals surface area contributed by atoms with Crippen LogP contribution in [0.4, 0.5) is 0 Å². The highest BCUT2D eigenvalue weighted by molar-refractivity contribution is 7.71. The van der Waals surface area contributed by atoms with Crippen molar-refractivity contribution in [1.29, 1.82) is 0 Å². The molecule has 1 aliphatic heterocycles. The second-order valence-electron chi connectivity index (χ2n) is 4.81. The molecule has 1 saturated heterocycles. The van der Waals surface area contributed by atoms with Crippen molar-refractivity contribution in [2.24, 2.45) is 7.05 Å². The maximum atomic E-state index is 5.31. The second kappa shape index (κ2) is 4.67. The van der Waals surface area contributed by atoms with Gasteiger partial charge in [0.2, 0.25) is 0 Å². The zero-order chi connectivity index (χ0) is 11.7. The fourth-order valence-corrected chi connectivity index (χ4v) is 2.58. The van der Waals surface area contributed by atoms with Gasteiger partial charge in [-0.15, -0.1) is 0 Å². The minimum absolute atomic E-state index is 0.632.